The molecule has 25 heavy (non-hydrogen) atoms. The van der Waals surface area contributed by atoms with Crippen LogP contribution in [0.3, 0.4) is 0 Å². The van der Waals surface area contributed by atoms with Gasteiger partial charge in [0.15, 0.2) is 0 Å². The highest BCUT2D eigenvalue weighted by Gasteiger charge is 2.20. The van der Waals surface area contributed by atoms with Gasteiger partial charge in [0.25, 0.3) is 5.91 Å². The molecule has 128 valence electrons. The van der Waals surface area contributed by atoms with Crippen molar-refractivity contribution in [3.8, 4) is 0 Å². The first kappa shape index (κ1) is 17.0. The number of fused-ring (bicyclic) bond motifs is 1. The molecule has 2 aromatic carbocycles. The average molecular weight is 355 g/mol. The van der Waals surface area contributed by atoms with Crippen LogP contribution >= 0.6 is 11.8 Å². The molecule has 0 radical (unpaired) electrons. The van der Waals surface area contributed by atoms with E-state index >= 15 is 0 Å². The highest BCUT2D eigenvalue weighted by atomic mass is 32.2. The molecule has 3 rings (SSSR count). The van der Waals surface area contributed by atoms with Crippen LogP contribution in [0.15, 0.2) is 53.4 Å². The summed E-state index contributed by atoms with van der Waals surface area (Å²) in [5.74, 6) is -0.266. The minimum atomic E-state index is -0.282. The van der Waals surface area contributed by atoms with Gasteiger partial charge >= 0.3 is 0 Å². The van der Waals surface area contributed by atoms with Gasteiger partial charge in [-0.2, -0.15) is 0 Å². The molecule has 0 spiro atoms. The summed E-state index contributed by atoms with van der Waals surface area (Å²) >= 11 is 1.44. The summed E-state index contributed by atoms with van der Waals surface area (Å²) < 4.78 is 0. The Morgan fingerprint density at radius 2 is 1.96 bits per heavy atom. The van der Waals surface area contributed by atoms with E-state index in [4.69, 9.17) is 0 Å². The van der Waals surface area contributed by atoms with Gasteiger partial charge < -0.3 is 15.5 Å². The fourth-order valence-corrected chi connectivity index (χ4v) is 3.23. The second kappa shape index (κ2) is 7.40. The molecule has 3 amide bonds. The van der Waals surface area contributed by atoms with Crippen molar-refractivity contribution in [3.05, 3.63) is 54.1 Å². The summed E-state index contributed by atoms with van der Waals surface area (Å²) in [6.07, 6.45) is 0. The Labute approximate surface area is 149 Å². The number of para-hydroxylation sites is 1. The fourth-order valence-electron chi connectivity index (χ4n) is 2.45. The minimum absolute atomic E-state index is 0.0636. The van der Waals surface area contributed by atoms with E-state index in [1.54, 1.807) is 31.3 Å². The van der Waals surface area contributed by atoms with Crippen molar-refractivity contribution in [2.75, 3.05) is 30.0 Å². The number of nitrogens with zero attached hydrogens (tertiary/aromatic N) is 1. The maximum Gasteiger partial charge on any atom is 0.254 e. The van der Waals surface area contributed by atoms with Gasteiger partial charge in [0.05, 0.1) is 18.0 Å². The van der Waals surface area contributed by atoms with Crippen LogP contribution in [-0.2, 0) is 9.59 Å². The zero-order valence-corrected chi connectivity index (χ0v) is 14.4. The molecule has 1 aliphatic heterocycles. The first-order valence-electron chi connectivity index (χ1n) is 7.70. The molecule has 0 aliphatic carbocycles. The predicted molar refractivity (Wildman–Crippen MR) is 97.8 cm³/mol. The van der Waals surface area contributed by atoms with Gasteiger partial charge in [0, 0.05) is 23.2 Å². The standard InChI is InChI=1S/C18H17N3O3S/c1-21(10-16(22)19-13-5-3-2-4-6-13)18(24)12-7-8-15-14(9-12)20-17(23)11-25-15/h2-9H,10-11H2,1H3,(H,19,22)(H,20,23). The van der Waals surface area contributed by atoms with Crippen molar-refractivity contribution < 1.29 is 14.4 Å². The Morgan fingerprint density at radius 1 is 1.20 bits per heavy atom. The van der Waals surface area contributed by atoms with Crippen LogP contribution in [0.1, 0.15) is 10.4 Å². The summed E-state index contributed by atoms with van der Waals surface area (Å²) in [6.45, 7) is -0.0636. The lowest BCUT2D eigenvalue weighted by atomic mass is 10.1. The molecule has 0 atom stereocenters. The maximum absolute atomic E-state index is 12.5. The van der Waals surface area contributed by atoms with Crippen LogP contribution < -0.4 is 10.6 Å². The molecule has 1 heterocycles. The van der Waals surface area contributed by atoms with E-state index in [0.29, 0.717) is 22.7 Å². The van der Waals surface area contributed by atoms with Crippen LogP contribution in [0.4, 0.5) is 11.4 Å². The Morgan fingerprint density at radius 3 is 2.72 bits per heavy atom. The summed E-state index contributed by atoms with van der Waals surface area (Å²) in [4.78, 5) is 38.4. The third-order valence-electron chi connectivity index (χ3n) is 3.64. The molecule has 2 N–H and O–H groups in total. The lowest BCUT2D eigenvalue weighted by molar-refractivity contribution is -0.116. The number of rotatable bonds is 4. The number of nitrogens with one attached hydrogen (secondary N) is 2. The molecule has 1 aliphatic rings. The number of benzene rings is 2. The van der Waals surface area contributed by atoms with Gasteiger partial charge in [-0.15, -0.1) is 11.8 Å². The number of hydrogen-bond donors (Lipinski definition) is 2. The molecule has 7 heteroatoms. The van der Waals surface area contributed by atoms with E-state index in [0.717, 1.165) is 4.90 Å². The topological polar surface area (TPSA) is 78.5 Å². The molecule has 0 saturated heterocycles. The summed E-state index contributed by atoms with van der Waals surface area (Å²) in [5, 5.41) is 5.50. The zero-order valence-electron chi connectivity index (χ0n) is 13.6. The first-order chi connectivity index (χ1) is 12.0. The van der Waals surface area contributed by atoms with Crippen molar-refractivity contribution in [1.29, 1.82) is 0 Å². The Bertz CT molecular complexity index is 824. The van der Waals surface area contributed by atoms with Crippen molar-refractivity contribution >= 4 is 40.9 Å². The minimum Gasteiger partial charge on any atom is -0.332 e. The molecule has 0 aromatic heterocycles. The number of thioether (sulfide) groups is 1. The van der Waals surface area contributed by atoms with E-state index < -0.39 is 0 Å². The number of amides is 3. The van der Waals surface area contributed by atoms with Crippen LogP contribution in [0.25, 0.3) is 0 Å². The average Bonchev–Trinajstić information content (AvgIpc) is 2.61. The third-order valence-corrected chi connectivity index (χ3v) is 4.72. The Balaban J connectivity index is 1.65. The van der Waals surface area contributed by atoms with Crippen LogP contribution in [-0.4, -0.2) is 42.0 Å². The number of anilines is 2. The molecular formula is C18H17N3O3S. The predicted octanol–water partition coefficient (Wildman–Crippen LogP) is 2.44. The molecular weight excluding hydrogens is 338 g/mol. The Hall–Kier alpha value is -2.80. The van der Waals surface area contributed by atoms with Crippen molar-refractivity contribution in [3.63, 3.8) is 0 Å². The van der Waals surface area contributed by atoms with E-state index in [1.165, 1.54) is 16.7 Å². The molecule has 0 unspecified atom stereocenters. The fraction of sp³-hybridized carbons (Fsp3) is 0.167. The van der Waals surface area contributed by atoms with Crippen LogP contribution in [0.2, 0.25) is 0 Å². The van der Waals surface area contributed by atoms with Crippen molar-refractivity contribution in [2.45, 2.75) is 4.90 Å². The molecule has 0 bridgehead atoms. The highest BCUT2D eigenvalue weighted by molar-refractivity contribution is 8.00. The normalized spacial score (nSPS) is 12.8. The number of carbonyl (C=O) groups excluding carboxylic acids is 3. The number of carbonyl (C=O) groups is 3. The lowest BCUT2D eigenvalue weighted by Gasteiger charge is -2.20. The molecule has 6 nitrogen and oxygen atoms in total. The van der Waals surface area contributed by atoms with E-state index in [2.05, 4.69) is 10.6 Å². The number of hydrogen-bond acceptors (Lipinski definition) is 4. The zero-order chi connectivity index (χ0) is 17.8. The third kappa shape index (κ3) is 4.19. The number of likely N-dealkylation sites (N-methyl/N-ethyl adjacent to an activating group) is 1. The summed E-state index contributed by atoms with van der Waals surface area (Å²) in [5.41, 5.74) is 1.74. The second-order valence-electron chi connectivity index (χ2n) is 5.62. The van der Waals surface area contributed by atoms with Crippen molar-refractivity contribution in [1.82, 2.24) is 4.90 Å². The van der Waals surface area contributed by atoms with Crippen molar-refractivity contribution in [2.24, 2.45) is 0 Å². The second-order valence-corrected chi connectivity index (χ2v) is 6.64. The maximum atomic E-state index is 12.5. The molecule has 0 fully saturated rings. The summed E-state index contributed by atoms with van der Waals surface area (Å²) in [6, 6.07) is 14.2. The SMILES string of the molecule is CN(CC(=O)Nc1ccccc1)C(=O)c1ccc2c(c1)NC(=O)CS2. The lowest BCUT2D eigenvalue weighted by Crippen LogP contribution is -2.35. The van der Waals surface area contributed by atoms with Gasteiger partial charge in [-0.25, -0.2) is 0 Å². The quantitative estimate of drug-likeness (QED) is 0.883. The van der Waals surface area contributed by atoms with Gasteiger partial charge in [-0.1, -0.05) is 18.2 Å². The largest absolute Gasteiger partial charge is 0.332 e. The highest BCUT2D eigenvalue weighted by Crippen LogP contribution is 2.32. The van der Waals surface area contributed by atoms with Gasteiger partial charge in [-0.3, -0.25) is 14.4 Å². The van der Waals surface area contributed by atoms with Gasteiger partial charge in [0.1, 0.15) is 0 Å². The van der Waals surface area contributed by atoms with Gasteiger partial charge in [0.2, 0.25) is 11.8 Å². The van der Waals surface area contributed by atoms with Crippen LogP contribution in [0, 0.1) is 0 Å². The van der Waals surface area contributed by atoms with E-state index in [-0.39, 0.29) is 24.3 Å². The Kier molecular flexibility index (Phi) is 5.04. The monoisotopic (exact) mass is 355 g/mol. The summed E-state index contributed by atoms with van der Waals surface area (Å²) in [7, 11) is 1.57. The first-order valence-corrected chi connectivity index (χ1v) is 8.68. The smallest absolute Gasteiger partial charge is 0.254 e. The van der Waals surface area contributed by atoms with Gasteiger partial charge in [-0.05, 0) is 30.3 Å². The van der Waals surface area contributed by atoms with E-state index in [1.807, 2.05) is 24.3 Å². The molecule has 0 saturated carbocycles. The molecule has 2 aromatic rings. The van der Waals surface area contributed by atoms with Crippen LogP contribution in [0.5, 0.6) is 0 Å². The van der Waals surface area contributed by atoms with E-state index in [9.17, 15) is 14.4 Å².